The zero-order valence-corrected chi connectivity index (χ0v) is 17.5. The Kier molecular flexibility index (Phi) is 4.02. The van der Waals surface area contributed by atoms with Gasteiger partial charge in [-0.15, -0.1) is 0 Å². The van der Waals surface area contributed by atoms with Gasteiger partial charge in [0.15, 0.2) is 5.78 Å². The number of ether oxygens (including phenoxy) is 2. The van der Waals surface area contributed by atoms with E-state index in [9.17, 15) is 30.3 Å². The maximum Gasteiger partial charge on any atom is 0.203 e. The third kappa shape index (κ3) is 2.38. The summed E-state index contributed by atoms with van der Waals surface area (Å²) in [6, 6.07) is 0. The minimum absolute atomic E-state index is 0.165. The first kappa shape index (κ1) is 20.8. The normalized spacial score (nSPS) is 53.8. The minimum atomic E-state index is -2.07. The Bertz CT molecular complexity index is 856. The fourth-order valence-corrected chi connectivity index (χ4v) is 6.65. The van der Waals surface area contributed by atoms with Crippen LogP contribution in [-0.4, -0.2) is 78.8 Å². The lowest BCUT2D eigenvalue weighted by Gasteiger charge is -2.59. The second-order valence-corrected chi connectivity index (χ2v) is 10.7. The highest BCUT2D eigenvalue weighted by Gasteiger charge is 2.79. The number of fused-ring (bicyclic) bond motifs is 3. The molecule has 2 saturated heterocycles. The Balaban J connectivity index is 1.79. The molecule has 4 fully saturated rings. The lowest BCUT2D eigenvalue weighted by molar-refractivity contribution is -0.329. The van der Waals surface area contributed by atoms with Crippen molar-refractivity contribution in [1.29, 1.82) is 0 Å². The summed E-state index contributed by atoms with van der Waals surface area (Å²) in [4.78, 5) is 13.0. The molecule has 0 bridgehead atoms. The lowest BCUT2D eigenvalue weighted by atomic mass is 9.46. The molecule has 2 saturated carbocycles. The van der Waals surface area contributed by atoms with Gasteiger partial charge in [0.1, 0.15) is 18.3 Å². The second kappa shape index (κ2) is 5.81. The summed E-state index contributed by atoms with van der Waals surface area (Å²) in [6.07, 6.45) is -0.146. The van der Waals surface area contributed by atoms with Crippen LogP contribution in [0.25, 0.3) is 0 Å². The number of aliphatic hydroxyl groups is 5. The molecule has 166 valence electrons. The van der Waals surface area contributed by atoms with E-state index in [-0.39, 0.29) is 12.2 Å². The maximum atomic E-state index is 13.0. The first-order valence-corrected chi connectivity index (χ1v) is 10.6. The van der Waals surface area contributed by atoms with E-state index in [0.717, 1.165) is 0 Å². The molecule has 0 aromatic heterocycles. The van der Waals surface area contributed by atoms with Gasteiger partial charge >= 0.3 is 0 Å². The first-order valence-electron chi connectivity index (χ1n) is 10.6. The molecule has 2 aliphatic heterocycles. The van der Waals surface area contributed by atoms with Gasteiger partial charge in [-0.25, -0.2) is 0 Å². The zero-order chi connectivity index (χ0) is 22.0. The molecule has 8 heteroatoms. The minimum Gasteiger partial charge on any atom is -0.393 e. The van der Waals surface area contributed by atoms with Crippen molar-refractivity contribution in [2.75, 3.05) is 0 Å². The molecule has 2 heterocycles. The van der Waals surface area contributed by atoms with Gasteiger partial charge < -0.3 is 35.0 Å². The molecule has 0 amide bonds. The fraction of sp³-hybridized carbons (Fsp3) is 0.773. The number of carbonyl (C=O) groups is 1. The number of epoxide rings is 1. The van der Waals surface area contributed by atoms with Gasteiger partial charge in [-0.2, -0.15) is 0 Å². The number of rotatable bonds is 2. The molecule has 0 spiro atoms. The van der Waals surface area contributed by atoms with Crippen molar-refractivity contribution in [1.82, 2.24) is 0 Å². The monoisotopic (exact) mass is 422 g/mol. The Labute approximate surface area is 174 Å². The smallest absolute Gasteiger partial charge is 0.203 e. The summed E-state index contributed by atoms with van der Waals surface area (Å²) in [5.74, 6) is -4.48. The van der Waals surface area contributed by atoms with E-state index in [2.05, 4.69) is 0 Å². The largest absolute Gasteiger partial charge is 0.393 e. The van der Waals surface area contributed by atoms with Crippen LogP contribution in [0.3, 0.4) is 0 Å². The lowest BCUT2D eigenvalue weighted by Crippen LogP contribution is -2.69. The van der Waals surface area contributed by atoms with E-state index in [0.29, 0.717) is 5.57 Å². The average Bonchev–Trinajstić information content (AvgIpc) is 3.38. The Morgan fingerprint density at radius 3 is 2.53 bits per heavy atom. The Morgan fingerprint density at radius 1 is 1.23 bits per heavy atom. The number of hydrogen-bond donors (Lipinski definition) is 5. The average molecular weight is 422 g/mol. The van der Waals surface area contributed by atoms with Crippen molar-refractivity contribution >= 4 is 5.78 Å². The van der Waals surface area contributed by atoms with Crippen LogP contribution in [0.5, 0.6) is 0 Å². The standard InChI is InChI=1S/C22H30O8/c1-19(2,27)5-6-21-11-7-9-13(16(26)18-17(29-18)15(9)25)14(21)10(23)8-12(24)22(21,28)30-20(11,3)4/h5-7,10-14,16-18,23-24,26-28H,8H2,1-4H3/b6-5+/t10-,11-,12-,13+,14-,16+,17+,18-,21?,22-/m0/s1. The third-order valence-electron chi connectivity index (χ3n) is 7.82. The number of aliphatic hydroxyl groups excluding tert-OH is 3. The zero-order valence-electron chi connectivity index (χ0n) is 17.5. The summed E-state index contributed by atoms with van der Waals surface area (Å²) in [7, 11) is 0. The molecule has 30 heavy (non-hydrogen) atoms. The van der Waals surface area contributed by atoms with Crippen molar-refractivity contribution < 1.29 is 39.8 Å². The van der Waals surface area contributed by atoms with Crippen molar-refractivity contribution in [2.24, 2.45) is 23.2 Å². The van der Waals surface area contributed by atoms with E-state index in [1.807, 2.05) is 0 Å². The predicted octanol–water partition coefficient (Wildman–Crippen LogP) is -0.578. The van der Waals surface area contributed by atoms with Crippen molar-refractivity contribution in [3.05, 3.63) is 23.8 Å². The quantitative estimate of drug-likeness (QED) is 0.294. The summed E-state index contributed by atoms with van der Waals surface area (Å²) in [5, 5.41) is 55.2. The molecular weight excluding hydrogens is 392 g/mol. The van der Waals surface area contributed by atoms with Crippen LogP contribution in [0, 0.1) is 23.2 Å². The van der Waals surface area contributed by atoms with E-state index < -0.39 is 70.7 Å². The number of ketones is 1. The maximum absolute atomic E-state index is 13.0. The molecule has 0 radical (unpaired) electrons. The summed E-state index contributed by atoms with van der Waals surface area (Å²) in [6.45, 7) is 6.69. The van der Waals surface area contributed by atoms with Crippen LogP contribution in [0.1, 0.15) is 34.1 Å². The molecule has 3 aliphatic carbocycles. The molecule has 0 aromatic carbocycles. The highest BCUT2D eigenvalue weighted by Crippen LogP contribution is 2.70. The molecular formula is C22H30O8. The molecule has 8 nitrogen and oxygen atoms in total. The Morgan fingerprint density at radius 2 is 1.90 bits per heavy atom. The van der Waals surface area contributed by atoms with Crippen molar-refractivity contribution in [2.45, 2.75) is 81.6 Å². The number of hydrogen-bond acceptors (Lipinski definition) is 8. The molecule has 1 unspecified atom stereocenters. The van der Waals surface area contributed by atoms with Gasteiger partial charge in [-0.05, 0) is 27.7 Å². The topological polar surface area (TPSA) is 140 Å². The van der Waals surface area contributed by atoms with Crippen LogP contribution in [0.2, 0.25) is 0 Å². The van der Waals surface area contributed by atoms with Crippen LogP contribution >= 0.6 is 0 Å². The van der Waals surface area contributed by atoms with Crippen molar-refractivity contribution in [3.8, 4) is 0 Å². The number of carbonyl (C=O) groups excluding carboxylic acids is 1. The van der Waals surface area contributed by atoms with Crippen LogP contribution < -0.4 is 0 Å². The van der Waals surface area contributed by atoms with Crippen molar-refractivity contribution in [3.63, 3.8) is 0 Å². The SMILES string of the molecule is CC(C)(O)/C=C/C12[C@@H]3[C@H]4C(=C[C@H]1C(C)(C)O[C@@]2(O)[C@@H](O)C[C@@H]3O)C(=O)[C@H]1O[C@H]1[C@@H]4O. The molecule has 10 atom stereocenters. The molecule has 5 rings (SSSR count). The predicted molar refractivity (Wildman–Crippen MR) is 103 cm³/mol. The second-order valence-electron chi connectivity index (χ2n) is 10.7. The fourth-order valence-electron chi connectivity index (χ4n) is 6.65. The van der Waals surface area contributed by atoms with E-state index in [4.69, 9.17) is 9.47 Å². The summed E-state index contributed by atoms with van der Waals surface area (Å²) in [5.41, 5.74) is -3.21. The summed E-state index contributed by atoms with van der Waals surface area (Å²) >= 11 is 0. The van der Waals surface area contributed by atoms with Gasteiger partial charge in [-0.3, -0.25) is 4.79 Å². The van der Waals surface area contributed by atoms with Gasteiger partial charge in [0, 0.05) is 29.7 Å². The van der Waals surface area contributed by atoms with E-state index in [1.54, 1.807) is 39.8 Å². The van der Waals surface area contributed by atoms with Gasteiger partial charge in [0.2, 0.25) is 5.79 Å². The highest BCUT2D eigenvalue weighted by atomic mass is 16.7. The number of Topliss-reactive ketones (excluding diaryl/α,β-unsaturated/α-hetero) is 1. The van der Waals surface area contributed by atoms with Crippen LogP contribution in [0.4, 0.5) is 0 Å². The highest BCUT2D eigenvalue weighted by molar-refractivity contribution is 6.03. The molecule has 5 N–H and O–H groups in total. The Hall–Kier alpha value is -1.13. The van der Waals surface area contributed by atoms with Crippen LogP contribution in [-0.2, 0) is 14.3 Å². The van der Waals surface area contributed by atoms with Gasteiger partial charge in [-0.1, -0.05) is 18.2 Å². The molecule has 5 aliphatic rings. The van der Waals surface area contributed by atoms with Gasteiger partial charge in [0.05, 0.1) is 28.8 Å². The van der Waals surface area contributed by atoms with Gasteiger partial charge in [0.25, 0.3) is 0 Å². The van der Waals surface area contributed by atoms with E-state index in [1.165, 1.54) is 6.08 Å². The van der Waals surface area contributed by atoms with E-state index >= 15 is 0 Å². The summed E-state index contributed by atoms with van der Waals surface area (Å²) < 4.78 is 11.5. The van der Waals surface area contributed by atoms with Crippen LogP contribution in [0.15, 0.2) is 23.8 Å². The molecule has 0 aromatic rings. The third-order valence-corrected chi connectivity index (χ3v) is 7.82. The first-order chi connectivity index (χ1) is 13.7.